The maximum absolute atomic E-state index is 3.65. The molecule has 3 aliphatic rings. The molecule has 0 amide bonds. The molecule has 1 aromatic rings. The number of hydrogen-bond acceptors (Lipinski definition) is 3. The van der Waals surface area contributed by atoms with Gasteiger partial charge in [0, 0.05) is 31.7 Å². The molecular weight excluding hydrogens is 246 g/mol. The van der Waals surface area contributed by atoms with Gasteiger partial charge in [0.25, 0.3) is 0 Å². The molecule has 2 saturated heterocycles. The van der Waals surface area contributed by atoms with Crippen molar-refractivity contribution in [1.29, 1.82) is 0 Å². The number of rotatable bonds is 1. The van der Waals surface area contributed by atoms with E-state index in [0.717, 1.165) is 12.6 Å². The van der Waals surface area contributed by atoms with Crippen LogP contribution in [0.25, 0.3) is 0 Å². The third-order valence-electron chi connectivity index (χ3n) is 5.30. The van der Waals surface area contributed by atoms with Gasteiger partial charge in [-0.1, -0.05) is 12.1 Å². The Hall–Kier alpha value is -1.22. The summed E-state index contributed by atoms with van der Waals surface area (Å²) in [4.78, 5) is 5.35. The number of piperazine rings is 1. The Morgan fingerprint density at radius 1 is 1.20 bits per heavy atom. The van der Waals surface area contributed by atoms with Crippen molar-refractivity contribution < 1.29 is 0 Å². The summed E-state index contributed by atoms with van der Waals surface area (Å²) in [5.41, 5.74) is 4.37. The van der Waals surface area contributed by atoms with Crippen molar-refractivity contribution in [1.82, 2.24) is 4.90 Å². The molecule has 2 atom stereocenters. The predicted octanol–water partition coefficient (Wildman–Crippen LogP) is 2.72. The number of nitrogens with one attached hydrogen (secondary N) is 1. The van der Waals surface area contributed by atoms with E-state index in [-0.39, 0.29) is 0 Å². The molecule has 108 valence electrons. The minimum atomic E-state index is 0.625. The van der Waals surface area contributed by atoms with E-state index in [4.69, 9.17) is 0 Å². The second-order valence-corrected chi connectivity index (χ2v) is 6.63. The first-order chi connectivity index (χ1) is 9.83. The van der Waals surface area contributed by atoms with Gasteiger partial charge >= 0.3 is 0 Å². The summed E-state index contributed by atoms with van der Waals surface area (Å²) >= 11 is 0. The molecule has 0 radical (unpaired) electrons. The molecule has 3 heteroatoms. The van der Waals surface area contributed by atoms with Crippen LogP contribution < -0.4 is 10.2 Å². The van der Waals surface area contributed by atoms with E-state index >= 15 is 0 Å². The summed E-state index contributed by atoms with van der Waals surface area (Å²) in [6.45, 7) is 7.26. The van der Waals surface area contributed by atoms with E-state index in [1.54, 1.807) is 0 Å². The lowest BCUT2D eigenvalue weighted by Gasteiger charge is -2.44. The number of aryl methyl sites for hydroxylation is 1. The lowest BCUT2D eigenvalue weighted by molar-refractivity contribution is 0.203. The van der Waals surface area contributed by atoms with E-state index in [1.807, 2.05) is 0 Å². The number of anilines is 2. The molecule has 4 rings (SSSR count). The van der Waals surface area contributed by atoms with Crippen LogP contribution in [-0.2, 0) is 6.42 Å². The molecular formula is C17H25N3. The van der Waals surface area contributed by atoms with Crippen LogP contribution in [0.15, 0.2) is 18.2 Å². The molecule has 0 saturated carbocycles. The van der Waals surface area contributed by atoms with E-state index in [1.165, 1.54) is 62.3 Å². The molecule has 3 nitrogen and oxygen atoms in total. The zero-order chi connectivity index (χ0) is 13.5. The van der Waals surface area contributed by atoms with E-state index in [0.29, 0.717) is 6.04 Å². The summed E-state index contributed by atoms with van der Waals surface area (Å²) in [7, 11) is 0. The van der Waals surface area contributed by atoms with Crippen LogP contribution in [0.2, 0.25) is 0 Å². The quantitative estimate of drug-likeness (QED) is 0.847. The third kappa shape index (κ3) is 1.99. The summed E-state index contributed by atoms with van der Waals surface area (Å²) in [5, 5.41) is 3.65. The minimum absolute atomic E-state index is 0.625. The first kappa shape index (κ1) is 12.5. The smallest absolute Gasteiger partial charge is 0.0610 e. The Bertz CT molecular complexity index is 499. The van der Waals surface area contributed by atoms with Crippen molar-refractivity contribution in [2.45, 2.75) is 44.7 Å². The highest BCUT2D eigenvalue weighted by atomic mass is 15.3. The fourth-order valence-electron chi connectivity index (χ4n) is 4.25. The molecule has 3 aliphatic heterocycles. The van der Waals surface area contributed by atoms with Crippen molar-refractivity contribution >= 4 is 11.4 Å². The monoisotopic (exact) mass is 271 g/mol. The van der Waals surface area contributed by atoms with Gasteiger partial charge < -0.3 is 10.2 Å². The van der Waals surface area contributed by atoms with Crippen LogP contribution in [0.1, 0.15) is 31.7 Å². The van der Waals surface area contributed by atoms with E-state index < -0.39 is 0 Å². The van der Waals surface area contributed by atoms with Crippen molar-refractivity contribution in [2.75, 3.05) is 36.4 Å². The molecule has 1 N–H and O–H groups in total. The summed E-state index contributed by atoms with van der Waals surface area (Å²) < 4.78 is 0. The van der Waals surface area contributed by atoms with Gasteiger partial charge in [-0.05, 0) is 50.8 Å². The van der Waals surface area contributed by atoms with Gasteiger partial charge in [-0.15, -0.1) is 0 Å². The van der Waals surface area contributed by atoms with E-state index in [2.05, 4.69) is 40.2 Å². The summed E-state index contributed by atoms with van der Waals surface area (Å²) in [6, 6.07) is 8.26. The lowest BCUT2D eigenvalue weighted by atomic mass is 9.99. The average molecular weight is 271 g/mol. The van der Waals surface area contributed by atoms with Crippen molar-refractivity contribution in [3.05, 3.63) is 23.8 Å². The van der Waals surface area contributed by atoms with Crippen LogP contribution in [0.5, 0.6) is 0 Å². The van der Waals surface area contributed by atoms with Gasteiger partial charge in [-0.3, -0.25) is 4.90 Å². The van der Waals surface area contributed by atoms with Gasteiger partial charge in [0.15, 0.2) is 0 Å². The van der Waals surface area contributed by atoms with Gasteiger partial charge in [0.2, 0.25) is 0 Å². The highest BCUT2D eigenvalue weighted by Gasteiger charge is 2.35. The largest absolute Gasteiger partial charge is 0.383 e. The minimum Gasteiger partial charge on any atom is -0.383 e. The zero-order valence-corrected chi connectivity index (χ0v) is 12.4. The molecule has 20 heavy (non-hydrogen) atoms. The van der Waals surface area contributed by atoms with Crippen LogP contribution in [0, 0.1) is 0 Å². The Kier molecular flexibility index (Phi) is 3.10. The standard InChI is InChI=1S/C17H25N3/c1-13-11-19-10-4-7-15(19)12-20(13)16-8-2-5-14-6-3-9-18-17(14)16/h2,5,8,13,15,18H,3-4,6-7,9-12H2,1H3. The highest BCUT2D eigenvalue weighted by Crippen LogP contribution is 2.36. The van der Waals surface area contributed by atoms with Crippen LogP contribution in [0.3, 0.4) is 0 Å². The number of hydrogen-bond donors (Lipinski definition) is 1. The first-order valence-electron chi connectivity index (χ1n) is 8.19. The van der Waals surface area contributed by atoms with Gasteiger partial charge in [-0.25, -0.2) is 0 Å². The van der Waals surface area contributed by atoms with Gasteiger partial charge in [0.05, 0.1) is 11.4 Å². The van der Waals surface area contributed by atoms with Crippen molar-refractivity contribution in [3.63, 3.8) is 0 Å². The fraction of sp³-hybridized carbons (Fsp3) is 0.647. The Labute approximate surface area is 121 Å². The van der Waals surface area contributed by atoms with Crippen molar-refractivity contribution in [3.8, 4) is 0 Å². The number of nitrogens with zero attached hydrogens (tertiary/aromatic N) is 2. The highest BCUT2D eigenvalue weighted by molar-refractivity contribution is 5.75. The number of fused-ring (bicyclic) bond motifs is 2. The molecule has 3 heterocycles. The average Bonchev–Trinajstić information content (AvgIpc) is 2.93. The predicted molar refractivity (Wildman–Crippen MR) is 84.7 cm³/mol. The molecule has 0 spiro atoms. The first-order valence-corrected chi connectivity index (χ1v) is 8.19. The Balaban J connectivity index is 1.66. The molecule has 2 unspecified atom stereocenters. The van der Waals surface area contributed by atoms with Crippen LogP contribution >= 0.6 is 0 Å². The molecule has 2 fully saturated rings. The van der Waals surface area contributed by atoms with E-state index in [9.17, 15) is 0 Å². The molecule has 0 bridgehead atoms. The fourth-order valence-corrected chi connectivity index (χ4v) is 4.25. The SMILES string of the molecule is CC1CN2CCCC2CN1c1cccc2c1NCCC2. The molecule has 1 aromatic carbocycles. The van der Waals surface area contributed by atoms with Crippen molar-refractivity contribution in [2.24, 2.45) is 0 Å². The summed E-state index contributed by atoms with van der Waals surface area (Å²) in [6.07, 6.45) is 5.26. The Morgan fingerprint density at radius 3 is 3.10 bits per heavy atom. The topological polar surface area (TPSA) is 18.5 Å². The summed E-state index contributed by atoms with van der Waals surface area (Å²) in [5.74, 6) is 0. The van der Waals surface area contributed by atoms with Gasteiger partial charge in [0.1, 0.15) is 0 Å². The van der Waals surface area contributed by atoms with Gasteiger partial charge in [-0.2, -0.15) is 0 Å². The maximum atomic E-state index is 3.65. The maximum Gasteiger partial charge on any atom is 0.0610 e. The number of benzene rings is 1. The second kappa shape index (κ2) is 4.96. The molecule has 0 aliphatic carbocycles. The normalized spacial score (nSPS) is 29.8. The second-order valence-electron chi connectivity index (χ2n) is 6.63. The zero-order valence-electron chi connectivity index (χ0n) is 12.4. The number of para-hydroxylation sites is 1. The van der Waals surface area contributed by atoms with Crippen LogP contribution in [-0.4, -0.2) is 43.2 Å². The Morgan fingerprint density at radius 2 is 2.15 bits per heavy atom. The molecule has 0 aromatic heterocycles. The third-order valence-corrected chi connectivity index (χ3v) is 5.30. The lowest BCUT2D eigenvalue weighted by Crippen LogP contribution is -2.55. The van der Waals surface area contributed by atoms with Crippen LogP contribution in [0.4, 0.5) is 11.4 Å².